The van der Waals surface area contributed by atoms with Crippen LogP contribution in [0.25, 0.3) is 0 Å². The highest BCUT2D eigenvalue weighted by molar-refractivity contribution is 6.53. The third kappa shape index (κ3) is 16.5. The number of aliphatic hydroxyl groups is 1. The van der Waals surface area contributed by atoms with Gasteiger partial charge in [-0.05, 0) is 49.8 Å². The maximum atomic E-state index is 12.2. The van der Waals surface area contributed by atoms with Crippen LogP contribution in [0.15, 0.2) is 36.4 Å². The Morgan fingerprint density at radius 1 is 0.949 bits per heavy atom. The Balaban J connectivity index is 2.28. The SMILES string of the molecule is CCCCCCCCC=CCCCCCCCC(=O)OC[C@@H](NC(=O)C(Cl)Cl)[C@H](O)c1ccc([N+](=O)[O-])cc1. The highest BCUT2D eigenvalue weighted by atomic mass is 35.5. The van der Waals surface area contributed by atoms with Crippen LogP contribution >= 0.6 is 23.2 Å². The van der Waals surface area contributed by atoms with E-state index in [4.69, 9.17) is 27.9 Å². The van der Waals surface area contributed by atoms with E-state index >= 15 is 0 Å². The van der Waals surface area contributed by atoms with Gasteiger partial charge in [-0.25, -0.2) is 0 Å². The van der Waals surface area contributed by atoms with Crippen molar-refractivity contribution in [3.63, 3.8) is 0 Å². The van der Waals surface area contributed by atoms with Gasteiger partial charge in [0, 0.05) is 18.6 Å². The molecule has 0 saturated heterocycles. The van der Waals surface area contributed by atoms with Gasteiger partial charge in [-0.2, -0.15) is 0 Å². The molecule has 0 aliphatic carbocycles. The molecule has 1 rings (SSSR count). The predicted octanol–water partition coefficient (Wildman–Crippen LogP) is 7.50. The second-order valence-corrected chi connectivity index (χ2v) is 10.8. The Bertz CT molecular complexity index is 864. The zero-order chi connectivity index (χ0) is 28.9. The molecule has 0 radical (unpaired) electrons. The van der Waals surface area contributed by atoms with Crippen molar-refractivity contribution in [2.75, 3.05) is 6.61 Å². The number of nitro groups is 1. The van der Waals surface area contributed by atoms with E-state index in [9.17, 15) is 24.8 Å². The van der Waals surface area contributed by atoms with Gasteiger partial charge in [0.1, 0.15) is 12.7 Å². The van der Waals surface area contributed by atoms with E-state index in [1.54, 1.807) is 0 Å². The molecule has 0 fully saturated rings. The van der Waals surface area contributed by atoms with Crippen LogP contribution in [-0.4, -0.2) is 39.4 Å². The molecule has 1 aromatic carbocycles. The van der Waals surface area contributed by atoms with Crippen molar-refractivity contribution >= 4 is 40.8 Å². The summed E-state index contributed by atoms with van der Waals surface area (Å²) in [6.45, 7) is 1.94. The molecule has 1 aromatic rings. The summed E-state index contributed by atoms with van der Waals surface area (Å²) < 4.78 is 5.29. The lowest BCUT2D eigenvalue weighted by Crippen LogP contribution is -2.45. The Kier molecular flexibility index (Phi) is 19.3. The summed E-state index contributed by atoms with van der Waals surface area (Å²) in [5, 5.41) is 24.0. The van der Waals surface area contributed by atoms with Crippen molar-refractivity contribution in [2.45, 2.75) is 114 Å². The minimum Gasteiger partial charge on any atom is -0.463 e. The number of esters is 1. The molecule has 1 amide bonds. The number of benzene rings is 1. The number of nitrogens with zero attached hydrogens (tertiary/aromatic N) is 1. The molecule has 0 aliphatic heterocycles. The average Bonchev–Trinajstić information content (AvgIpc) is 2.92. The van der Waals surface area contributed by atoms with Crippen LogP contribution in [0.5, 0.6) is 0 Å². The zero-order valence-corrected chi connectivity index (χ0v) is 24.5. The number of carbonyl (C=O) groups is 2. The summed E-state index contributed by atoms with van der Waals surface area (Å²) in [7, 11) is 0. The molecule has 0 heterocycles. The number of hydrogen-bond donors (Lipinski definition) is 2. The lowest BCUT2D eigenvalue weighted by molar-refractivity contribution is -0.384. The second-order valence-electron chi connectivity index (χ2n) is 9.73. The number of non-ortho nitro benzene ring substituents is 1. The van der Waals surface area contributed by atoms with Gasteiger partial charge in [-0.1, -0.05) is 93.6 Å². The lowest BCUT2D eigenvalue weighted by Gasteiger charge is -2.24. The largest absolute Gasteiger partial charge is 0.463 e. The summed E-state index contributed by atoms with van der Waals surface area (Å²) in [4.78, 5) is 33.1. The smallest absolute Gasteiger partial charge is 0.305 e. The molecule has 2 atom stereocenters. The van der Waals surface area contributed by atoms with E-state index in [1.807, 2.05) is 0 Å². The van der Waals surface area contributed by atoms with Crippen LogP contribution in [0.3, 0.4) is 0 Å². The zero-order valence-electron chi connectivity index (χ0n) is 23.0. The Hall–Kier alpha value is -2.16. The third-order valence-corrected chi connectivity index (χ3v) is 6.82. The van der Waals surface area contributed by atoms with Crippen molar-refractivity contribution < 1.29 is 24.4 Å². The Morgan fingerprint density at radius 3 is 2.03 bits per heavy atom. The predicted molar refractivity (Wildman–Crippen MR) is 156 cm³/mol. The Labute approximate surface area is 242 Å². The van der Waals surface area contributed by atoms with Gasteiger partial charge < -0.3 is 15.2 Å². The van der Waals surface area contributed by atoms with Crippen LogP contribution in [0, 0.1) is 10.1 Å². The van der Waals surface area contributed by atoms with Gasteiger partial charge in [-0.15, -0.1) is 0 Å². The quantitative estimate of drug-likeness (QED) is 0.0362. The molecule has 0 unspecified atom stereocenters. The van der Waals surface area contributed by atoms with E-state index in [0.29, 0.717) is 12.0 Å². The third-order valence-electron chi connectivity index (χ3n) is 6.42. The highest BCUT2D eigenvalue weighted by Gasteiger charge is 2.27. The van der Waals surface area contributed by atoms with Gasteiger partial charge in [0.05, 0.1) is 11.0 Å². The summed E-state index contributed by atoms with van der Waals surface area (Å²) in [6.07, 6.45) is 18.6. The number of allylic oxidation sites excluding steroid dienone is 2. The molecule has 0 aliphatic rings. The van der Waals surface area contributed by atoms with E-state index in [-0.39, 0.29) is 18.7 Å². The first-order valence-corrected chi connectivity index (χ1v) is 14.9. The number of nitrogens with one attached hydrogen (secondary N) is 1. The van der Waals surface area contributed by atoms with Crippen LogP contribution in [-0.2, 0) is 14.3 Å². The molecule has 0 bridgehead atoms. The summed E-state index contributed by atoms with van der Waals surface area (Å²) >= 11 is 11.2. The van der Waals surface area contributed by atoms with Crippen LogP contribution < -0.4 is 5.32 Å². The normalized spacial score (nSPS) is 12.9. The van der Waals surface area contributed by atoms with Gasteiger partial charge in [-0.3, -0.25) is 19.7 Å². The van der Waals surface area contributed by atoms with Crippen molar-refractivity contribution in [3.8, 4) is 0 Å². The maximum Gasteiger partial charge on any atom is 0.305 e. The highest BCUT2D eigenvalue weighted by Crippen LogP contribution is 2.21. The number of nitro benzene ring substituents is 1. The number of ether oxygens (including phenoxy) is 1. The van der Waals surface area contributed by atoms with Crippen LogP contribution in [0.1, 0.15) is 108 Å². The second kappa shape index (κ2) is 21.6. The summed E-state index contributed by atoms with van der Waals surface area (Å²) in [5.41, 5.74) is 0.166. The fourth-order valence-corrected chi connectivity index (χ4v) is 4.20. The van der Waals surface area contributed by atoms with Gasteiger partial charge in [0.15, 0.2) is 4.84 Å². The summed E-state index contributed by atoms with van der Waals surface area (Å²) in [6, 6.07) is 4.18. The molecule has 2 N–H and O–H groups in total. The van der Waals surface area contributed by atoms with E-state index in [0.717, 1.165) is 32.1 Å². The van der Waals surface area contributed by atoms with E-state index < -0.39 is 33.8 Å². The number of rotatable bonds is 22. The van der Waals surface area contributed by atoms with Crippen molar-refractivity contribution in [3.05, 3.63) is 52.1 Å². The number of amides is 1. The standard InChI is InChI=1S/C29H44Cl2N2O6/c1-2-3-4-5-6-7-8-9-10-11-12-13-14-15-16-17-26(34)39-22-25(32-29(36)28(30)31)27(35)23-18-20-24(21-19-23)33(37)38/h9-10,18-21,25,27-28,35H,2-8,11-17,22H2,1H3,(H,32,36)/t25-,27-/m1/s1. The van der Waals surface area contributed by atoms with Gasteiger partial charge >= 0.3 is 5.97 Å². The van der Waals surface area contributed by atoms with Gasteiger partial charge in [0.25, 0.3) is 11.6 Å². The minimum absolute atomic E-state index is 0.139. The molecule has 0 aromatic heterocycles. The first-order chi connectivity index (χ1) is 18.8. The van der Waals surface area contributed by atoms with E-state index in [1.165, 1.54) is 69.2 Å². The molecule has 0 spiro atoms. The first kappa shape index (κ1) is 34.9. The molecule has 39 heavy (non-hydrogen) atoms. The van der Waals surface area contributed by atoms with Crippen molar-refractivity contribution in [2.24, 2.45) is 0 Å². The fraction of sp³-hybridized carbons (Fsp3) is 0.655. The van der Waals surface area contributed by atoms with Gasteiger partial charge in [0.2, 0.25) is 0 Å². The number of unbranched alkanes of at least 4 members (excludes halogenated alkanes) is 11. The average molecular weight is 588 g/mol. The molecule has 220 valence electrons. The molecular formula is C29H44Cl2N2O6. The fourth-order valence-electron chi connectivity index (χ4n) is 4.08. The first-order valence-electron chi connectivity index (χ1n) is 14.1. The Morgan fingerprint density at radius 2 is 1.49 bits per heavy atom. The number of hydrogen-bond acceptors (Lipinski definition) is 6. The summed E-state index contributed by atoms with van der Waals surface area (Å²) in [5.74, 6) is -1.19. The van der Waals surface area contributed by atoms with Crippen LogP contribution in [0.2, 0.25) is 0 Å². The van der Waals surface area contributed by atoms with Crippen molar-refractivity contribution in [1.82, 2.24) is 5.32 Å². The van der Waals surface area contributed by atoms with Crippen LogP contribution in [0.4, 0.5) is 5.69 Å². The monoisotopic (exact) mass is 586 g/mol. The van der Waals surface area contributed by atoms with Crippen molar-refractivity contribution in [1.29, 1.82) is 0 Å². The number of alkyl halides is 2. The number of carbonyl (C=O) groups excluding carboxylic acids is 2. The topological polar surface area (TPSA) is 119 Å². The number of aliphatic hydroxyl groups excluding tert-OH is 1. The maximum absolute atomic E-state index is 12.2. The number of halogens is 2. The minimum atomic E-state index is -1.37. The molecule has 0 saturated carbocycles. The lowest BCUT2D eigenvalue weighted by atomic mass is 10.0. The van der Waals surface area contributed by atoms with E-state index in [2.05, 4.69) is 24.4 Å². The molecule has 8 nitrogen and oxygen atoms in total. The molecule has 10 heteroatoms. The molecular weight excluding hydrogens is 543 g/mol.